The molecule has 1 atom stereocenters. The molecule has 1 aromatic carbocycles. The van der Waals surface area contributed by atoms with Crippen LogP contribution in [0.1, 0.15) is 35.7 Å². The Hall–Kier alpha value is -0.710. The number of hydrogen-bond donors (Lipinski definition) is 1. The van der Waals surface area contributed by atoms with Crippen LogP contribution in [0.5, 0.6) is 0 Å². The first-order valence-corrected chi connectivity index (χ1v) is 8.26. The minimum absolute atomic E-state index is 0.332. The summed E-state index contributed by atoms with van der Waals surface area (Å²) in [5.41, 5.74) is 2.49. The SMILES string of the molecule is CCCNC(Cc1csc(C)n1)c1cccc(Br)c1. The van der Waals surface area contributed by atoms with Gasteiger partial charge in [0.25, 0.3) is 0 Å². The summed E-state index contributed by atoms with van der Waals surface area (Å²) in [6, 6.07) is 8.85. The third-order valence-electron chi connectivity index (χ3n) is 2.97. The highest BCUT2D eigenvalue weighted by Gasteiger charge is 2.13. The van der Waals surface area contributed by atoms with Gasteiger partial charge in [0.15, 0.2) is 0 Å². The van der Waals surface area contributed by atoms with Crippen molar-refractivity contribution in [3.63, 3.8) is 0 Å². The molecular formula is C15H19BrN2S. The van der Waals surface area contributed by atoms with Crippen molar-refractivity contribution in [3.05, 3.63) is 50.4 Å². The number of hydrogen-bond acceptors (Lipinski definition) is 3. The number of aryl methyl sites for hydroxylation is 1. The molecule has 0 radical (unpaired) electrons. The van der Waals surface area contributed by atoms with Crippen molar-refractivity contribution in [1.29, 1.82) is 0 Å². The van der Waals surface area contributed by atoms with E-state index in [-0.39, 0.29) is 0 Å². The third kappa shape index (κ3) is 4.41. The number of nitrogens with one attached hydrogen (secondary N) is 1. The Morgan fingerprint density at radius 1 is 1.42 bits per heavy atom. The Bertz CT molecular complexity index is 524. The Balaban J connectivity index is 2.15. The Morgan fingerprint density at radius 3 is 2.89 bits per heavy atom. The Morgan fingerprint density at radius 2 is 2.26 bits per heavy atom. The van der Waals surface area contributed by atoms with Crippen LogP contribution in [-0.2, 0) is 6.42 Å². The van der Waals surface area contributed by atoms with Crippen LogP contribution in [0.25, 0.3) is 0 Å². The highest BCUT2D eigenvalue weighted by molar-refractivity contribution is 9.10. The Labute approximate surface area is 127 Å². The molecule has 1 heterocycles. The molecule has 19 heavy (non-hydrogen) atoms. The highest BCUT2D eigenvalue weighted by Crippen LogP contribution is 2.22. The number of thiazole rings is 1. The first-order valence-electron chi connectivity index (χ1n) is 6.59. The molecule has 0 fully saturated rings. The van der Waals surface area contributed by atoms with Crippen LogP contribution in [0.4, 0.5) is 0 Å². The maximum Gasteiger partial charge on any atom is 0.0897 e. The monoisotopic (exact) mass is 338 g/mol. The van der Waals surface area contributed by atoms with Crippen molar-refractivity contribution in [3.8, 4) is 0 Å². The van der Waals surface area contributed by atoms with E-state index < -0.39 is 0 Å². The number of nitrogens with zero attached hydrogens (tertiary/aromatic N) is 1. The average molecular weight is 339 g/mol. The molecule has 0 spiro atoms. The summed E-state index contributed by atoms with van der Waals surface area (Å²) in [7, 11) is 0. The summed E-state index contributed by atoms with van der Waals surface area (Å²) in [6.45, 7) is 5.28. The summed E-state index contributed by atoms with van der Waals surface area (Å²) < 4.78 is 1.13. The van der Waals surface area contributed by atoms with Gasteiger partial charge in [-0.2, -0.15) is 0 Å². The van der Waals surface area contributed by atoms with E-state index >= 15 is 0 Å². The zero-order chi connectivity index (χ0) is 13.7. The normalized spacial score (nSPS) is 12.6. The molecule has 2 rings (SSSR count). The Kier molecular flexibility index (Phi) is 5.55. The second kappa shape index (κ2) is 7.17. The number of rotatable bonds is 6. The van der Waals surface area contributed by atoms with E-state index in [0.717, 1.165) is 28.9 Å². The topological polar surface area (TPSA) is 24.9 Å². The predicted molar refractivity (Wildman–Crippen MR) is 85.7 cm³/mol. The van der Waals surface area contributed by atoms with Crippen molar-refractivity contribution in [1.82, 2.24) is 10.3 Å². The summed E-state index contributed by atoms with van der Waals surface area (Å²) >= 11 is 5.27. The van der Waals surface area contributed by atoms with Crippen molar-refractivity contribution >= 4 is 27.3 Å². The van der Waals surface area contributed by atoms with Crippen molar-refractivity contribution in [2.24, 2.45) is 0 Å². The smallest absolute Gasteiger partial charge is 0.0897 e. The number of benzene rings is 1. The van der Waals surface area contributed by atoms with Gasteiger partial charge >= 0.3 is 0 Å². The summed E-state index contributed by atoms with van der Waals surface area (Å²) in [5, 5.41) is 6.91. The van der Waals surface area contributed by atoms with Crippen molar-refractivity contribution in [2.45, 2.75) is 32.7 Å². The molecule has 1 unspecified atom stereocenters. The van der Waals surface area contributed by atoms with E-state index in [0.29, 0.717) is 6.04 Å². The number of aromatic nitrogens is 1. The van der Waals surface area contributed by atoms with Gasteiger partial charge in [-0.15, -0.1) is 11.3 Å². The molecule has 4 heteroatoms. The molecule has 0 aliphatic rings. The maximum absolute atomic E-state index is 4.57. The molecule has 0 aliphatic carbocycles. The lowest BCUT2D eigenvalue weighted by atomic mass is 10.0. The fourth-order valence-electron chi connectivity index (χ4n) is 2.06. The van der Waals surface area contributed by atoms with Crippen LogP contribution in [0.3, 0.4) is 0 Å². The first kappa shape index (κ1) is 14.7. The van der Waals surface area contributed by atoms with Crippen molar-refractivity contribution < 1.29 is 0 Å². The van der Waals surface area contributed by atoms with E-state index in [4.69, 9.17) is 0 Å². The standard InChI is InChI=1S/C15H19BrN2S/c1-3-7-17-15(9-14-10-19-11(2)18-14)12-5-4-6-13(16)8-12/h4-6,8,10,15,17H,3,7,9H2,1-2H3. The van der Waals surface area contributed by atoms with Gasteiger partial charge in [-0.05, 0) is 37.6 Å². The molecule has 1 aromatic heterocycles. The van der Waals surface area contributed by atoms with Gasteiger partial charge in [-0.3, -0.25) is 0 Å². The quantitative estimate of drug-likeness (QED) is 0.838. The second-order valence-electron chi connectivity index (χ2n) is 4.62. The van der Waals surface area contributed by atoms with E-state index in [1.807, 2.05) is 0 Å². The molecule has 2 nitrogen and oxygen atoms in total. The average Bonchev–Trinajstić information content (AvgIpc) is 2.80. The fourth-order valence-corrected chi connectivity index (χ4v) is 3.10. The molecule has 2 aromatic rings. The zero-order valence-corrected chi connectivity index (χ0v) is 13.7. The van der Waals surface area contributed by atoms with E-state index in [1.165, 1.54) is 11.3 Å². The lowest BCUT2D eigenvalue weighted by Crippen LogP contribution is -2.24. The molecule has 0 amide bonds. The molecule has 0 saturated carbocycles. The summed E-state index contributed by atoms with van der Waals surface area (Å²) in [5.74, 6) is 0. The minimum atomic E-state index is 0.332. The third-order valence-corrected chi connectivity index (χ3v) is 4.29. The van der Waals surface area contributed by atoms with Crippen LogP contribution in [0, 0.1) is 6.92 Å². The zero-order valence-electron chi connectivity index (χ0n) is 11.3. The van der Waals surface area contributed by atoms with E-state index in [9.17, 15) is 0 Å². The predicted octanol–water partition coefficient (Wildman–Crippen LogP) is 4.50. The molecule has 102 valence electrons. The van der Waals surface area contributed by atoms with Gasteiger partial charge in [0.1, 0.15) is 0 Å². The molecular weight excluding hydrogens is 320 g/mol. The molecule has 1 N–H and O–H groups in total. The van der Waals surface area contributed by atoms with Crippen molar-refractivity contribution in [2.75, 3.05) is 6.54 Å². The van der Waals surface area contributed by atoms with Gasteiger partial charge in [0.2, 0.25) is 0 Å². The molecule has 0 aliphatic heterocycles. The first-order chi connectivity index (χ1) is 9.19. The fraction of sp³-hybridized carbons (Fsp3) is 0.400. The lowest BCUT2D eigenvalue weighted by molar-refractivity contribution is 0.525. The summed E-state index contributed by atoms with van der Waals surface area (Å²) in [4.78, 5) is 4.57. The minimum Gasteiger partial charge on any atom is -0.310 e. The highest BCUT2D eigenvalue weighted by atomic mass is 79.9. The van der Waals surface area contributed by atoms with Crippen LogP contribution >= 0.6 is 27.3 Å². The van der Waals surface area contributed by atoms with E-state index in [2.05, 4.69) is 69.7 Å². The van der Waals surface area contributed by atoms with E-state index in [1.54, 1.807) is 11.3 Å². The van der Waals surface area contributed by atoms with Crippen LogP contribution in [0.2, 0.25) is 0 Å². The van der Waals surface area contributed by atoms with Gasteiger partial charge in [-0.1, -0.05) is 35.0 Å². The largest absolute Gasteiger partial charge is 0.310 e. The molecule has 0 bridgehead atoms. The van der Waals surface area contributed by atoms with Gasteiger partial charge in [-0.25, -0.2) is 4.98 Å². The lowest BCUT2D eigenvalue weighted by Gasteiger charge is -2.18. The second-order valence-corrected chi connectivity index (χ2v) is 6.60. The van der Waals surface area contributed by atoms with Crippen LogP contribution in [-0.4, -0.2) is 11.5 Å². The number of halogens is 1. The summed E-state index contributed by atoms with van der Waals surface area (Å²) in [6.07, 6.45) is 2.08. The van der Waals surface area contributed by atoms with Gasteiger partial charge in [0.05, 0.1) is 10.7 Å². The van der Waals surface area contributed by atoms with Crippen LogP contribution < -0.4 is 5.32 Å². The van der Waals surface area contributed by atoms with Gasteiger partial charge in [0, 0.05) is 22.3 Å². The maximum atomic E-state index is 4.57. The van der Waals surface area contributed by atoms with Gasteiger partial charge < -0.3 is 5.32 Å². The molecule has 0 saturated heterocycles. The van der Waals surface area contributed by atoms with Crippen LogP contribution in [0.15, 0.2) is 34.1 Å².